The van der Waals surface area contributed by atoms with E-state index >= 15 is 0 Å². The van der Waals surface area contributed by atoms with Crippen LogP contribution in [-0.4, -0.2) is 31.9 Å². The minimum absolute atomic E-state index is 0.0159. The van der Waals surface area contributed by atoms with Gasteiger partial charge in [-0.1, -0.05) is 18.2 Å². The molecule has 0 unspecified atom stereocenters. The van der Waals surface area contributed by atoms with Crippen molar-refractivity contribution in [2.24, 2.45) is 0 Å². The Kier molecular flexibility index (Phi) is 3.50. The lowest BCUT2D eigenvalue weighted by Crippen LogP contribution is -2.30. The molecule has 1 fully saturated rings. The Morgan fingerprint density at radius 2 is 1.95 bits per heavy atom. The van der Waals surface area contributed by atoms with Gasteiger partial charge in [-0.3, -0.25) is 0 Å². The van der Waals surface area contributed by atoms with Gasteiger partial charge in [0.25, 0.3) is 10.0 Å². The molecule has 1 saturated heterocycles. The molecule has 2 aromatic rings. The second-order valence-corrected chi connectivity index (χ2v) is 6.51. The lowest BCUT2D eigenvalue weighted by atomic mass is 10.3. The Bertz CT molecular complexity index is 652. The Hall–Kier alpha value is -1.79. The zero-order chi connectivity index (χ0) is 14.0. The first-order valence-electron chi connectivity index (χ1n) is 6.41. The largest absolute Gasteiger partial charge is 0.489 e. The molecule has 0 aliphatic carbocycles. The van der Waals surface area contributed by atoms with Crippen LogP contribution in [0.3, 0.4) is 0 Å². The van der Waals surface area contributed by atoms with E-state index < -0.39 is 10.0 Å². The van der Waals surface area contributed by atoms with Crippen molar-refractivity contribution in [3.63, 3.8) is 0 Å². The second-order valence-electron chi connectivity index (χ2n) is 4.64. The summed E-state index contributed by atoms with van der Waals surface area (Å²) in [5.74, 6) is 0.759. The van der Waals surface area contributed by atoms with E-state index in [9.17, 15) is 8.42 Å². The molecule has 1 aromatic carbocycles. The number of nitrogens with zero attached hydrogens (tertiary/aromatic N) is 1. The lowest BCUT2D eigenvalue weighted by molar-refractivity contribution is 0.215. The van der Waals surface area contributed by atoms with Crippen LogP contribution in [-0.2, 0) is 10.0 Å². The van der Waals surface area contributed by atoms with E-state index in [1.807, 2.05) is 30.3 Å². The summed E-state index contributed by atoms with van der Waals surface area (Å²) < 4.78 is 36.7. The highest BCUT2D eigenvalue weighted by Crippen LogP contribution is 2.24. The number of benzene rings is 1. The van der Waals surface area contributed by atoms with Crippen molar-refractivity contribution in [2.75, 3.05) is 13.1 Å². The van der Waals surface area contributed by atoms with Crippen molar-refractivity contribution in [2.45, 2.75) is 17.6 Å². The first kappa shape index (κ1) is 13.2. The molecule has 3 rings (SSSR count). The van der Waals surface area contributed by atoms with E-state index in [0.717, 1.165) is 5.75 Å². The van der Waals surface area contributed by atoms with Crippen LogP contribution < -0.4 is 4.74 Å². The number of furan rings is 1. The molecule has 20 heavy (non-hydrogen) atoms. The van der Waals surface area contributed by atoms with Gasteiger partial charge in [-0.05, 0) is 30.7 Å². The Morgan fingerprint density at radius 3 is 2.65 bits per heavy atom. The highest BCUT2D eigenvalue weighted by molar-refractivity contribution is 7.89. The van der Waals surface area contributed by atoms with Crippen LogP contribution in [0, 0.1) is 0 Å². The summed E-state index contributed by atoms with van der Waals surface area (Å²) >= 11 is 0. The maximum Gasteiger partial charge on any atom is 0.276 e. The van der Waals surface area contributed by atoms with Gasteiger partial charge in [0.1, 0.15) is 11.9 Å². The average molecular weight is 293 g/mol. The number of para-hydroxylation sites is 1. The summed E-state index contributed by atoms with van der Waals surface area (Å²) in [4.78, 5) is 0. The summed E-state index contributed by atoms with van der Waals surface area (Å²) in [5, 5.41) is -0.0159. The van der Waals surface area contributed by atoms with E-state index in [1.165, 1.54) is 16.6 Å². The Balaban J connectivity index is 1.68. The first-order valence-corrected chi connectivity index (χ1v) is 7.85. The van der Waals surface area contributed by atoms with Crippen molar-refractivity contribution in [1.82, 2.24) is 4.31 Å². The van der Waals surface area contributed by atoms with Crippen molar-refractivity contribution < 1.29 is 17.6 Å². The predicted octanol–water partition coefficient (Wildman–Crippen LogP) is 2.12. The second kappa shape index (κ2) is 5.30. The SMILES string of the molecule is O=S(=O)(c1ccco1)N1CC[C@H](Oc2ccccc2)C1. The summed E-state index contributed by atoms with van der Waals surface area (Å²) in [7, 11) is -3.53. The first-order chi connectivity index (χ1) is 9.66. The molecule has 1 aliphatic rings. The van der Waals surface area contributed by atoms with Gasteiger partial charge in [0, 0.05) is 6.54 Å². The highest BCUT2D eigenvalue weighted by Gasteiger charge is 2.35. The molecule has 1 aliphatic heterocycles. The zero-order valence-corrected chi connectivity index (χ0v) is 11.6. The molecule has 0 spiro atoms. The quantitative estimate of drug-likeness (QED) is 0.866. The summed E-state index contributed by atoms with van der Waals surface area (Å²) in [5.41, 5.74) is 0. The summed E-state index contributed by atoms with van der Waals surface area (Å²) in [6, 6.07) is 12.5. The third kappa shape index (κ3) is 2.57. The highest BCUT2D eigenvalue weighted by atomic mass is 32.2. The maximum atomic E-state index is 12.3. The number of sulfonamides is 1. The van der Waals surface area contributed by atoms with Gasteiger partial charge in [0.05, 0.1) is 12.8 Å². The molecule has 106 valence electrons. The molecule has 1 atom stereocenters. The summed E-state index contributed by atoms with van der Waals surface area (Å²) in [6.07, 6.45) is 1.91. The topological polar surface area (TPSA) is 59.8 Å². The molecule has 5 nitrogen and oxygen atoms in total. The van der Waals surface area contributed by atoms with Gasteiger partial charge in [-0.15, -0.1) is 0 Å². The van der Waals surface area contributed by atoms with Crippen LogP contribution in [0.2, 0.25) is 0 Å². The van der Waals surface area contributed by atoms with Gasteiger partial charge in [0.15, 0.2) is 0 Å². The standard InChI is InChI=1S/C14H15NO4S/c16-20(17,14-7-4-10-18-14)15-9-8-13(11-15)19-12-5-2-1-3-6-12/h1-7,10,13H,8-9,11H2/t13-/m0/s1. The van der Waals surface area contributed by atoms with Crippen molar-refractivity contribution >= 4 is 10.0 Å². The fourth-order valence-electron chi connectivity index (χ4n) is 2.24. The predicted molar refractivity (Wildman–Crippen MR) is 72.9 cm³/mol. The number of hydrogen-bond donors (Lipinski definition) is 0. The summed E-state index contributed by atoms with van der Waals surface area (Å²) in [6.45, 7) is 0.790. The van der Waals surface area contributed by atoms with Crippen LogP contribution in [0.1, 0.15) is 6.42 Å². The number of ether oxygens (including phenoxy) is 1. The fourth-order valence-corrected chi connectivity index (χ4v) is 3.63. The Morgan fingerprint density at radius 1 is 1.15 bits per heavy atom. The zero-order valence-electron chi connectivity index (χ0n) is 10.8. The average Bonchev–Trinajstić information content (AvgIpc) is 3.11. The molecule has 1 aromatic heterocycles. The lowest BCUT2D eigenvalue weighted by Gasteiger charge is -2.15. The van der Waals surface area contributed by atoms with Gasteiger partial charge >= 0.3 is 0 Å². The maximum absolute atomic E-state index is 12.3. The molecular weight excluding hydrogens is 278 g/mol. The monoisotopic (exact) mass is 293 g/mol. The van der Waals surface area contributed by atoms with Gasteiger partial charge in [0.2, 0.25) is 5.09 Å². The minimum atomic E-state index is -3.53. The van der Waals surface area contributed by atoms with Gasteiger partial charge in [-0.25, -0.2) is 8.42 Å². The van der Waals surface area contributed by atoms with Crippen molar-refractivity contribution in [1.29, 1.82) is 0 Å². The molecule has 0 bridgehead atoms. The molecular formula is C14H15NO4S. The van der Waals surface area contributed by atoms with Crippen molar-refractivity contribution in [3.05, 3.63) is 48.7 Å². The molecule has 6 heteroatoms. The van der Waals surface area contributed by atoms with Crippen molar-refractivity contribution in [3.8, 4) is 5.75 Å². The Labute approximate surface area is 117 Å². The molecule has 0 amide bonds. The van der Waals surface area contributed by atoms with E-state index in [0.29, 0.717) is 19.5 Å². The van der Waals surface area contributed by atoms with Crippen LogP contribution in [0.4, 0.5) is 0 Å². The molecule has 0 saturated carbocycles. The molecule has 2 heterocycles. The fraction of sp³-hybridized carbons (Fsp3) is 0.286. The van der Waals surface area contributed by atoms with Crippen LogP contribution in [0.25, 0.3) is 0 Å². The molecule has 0 N–H and O–H groups in total. The van der Waals surface area contributed by atoms with Gasteiger partial charge in [-0.2, -0.15) is 4.31 Å². The van der Waals surface area contributed by atoms with Gasteiger partial charge < -0.3 is 9.15 Å². The third-order valence-electron chi connectivity index (χ3n) is 3.24. The smallest absolute Gasteiger partial charge is 0.276 e. The normalized spacial score (nSPS) is 20.1. The minimum Gasteiger partial charge on any atom is -0.489 e. The van der Waals surface area contributed by atoms with E-state index in [2.05, 4.69) is 0 Å². The van der Waals surface area contributed by atoms with E-state index in [4.69, 9.17) is 9.15 Å². The van der Waals surface area contributed by atoms with Crippen LogP contribution in [0.15, 0.2) is 58.2 Å². The van der Waals surface area contributed by atoms with Crippen LogP contribution >= 0.6 is 0 Å². The number of hydrogen-bond acceptors (Lipinski definition) is 4. The van der Waals surface area contributed by atoms with Crippen LogP contribution in [0.5, 0.6) is 5.75 Å². The third-order valence-corrected chi connectivity index (χ3v) is 5.00. The van der Waals surface area contributed by atoms with E-state index in [1.54, 1.807) is 6.07 Å². The number of rotatable bonds is 4. The van der Waals surface area contributed by atoms with E-state index in [-0.39, 0.29) is 11.2 Å². The molecule has 0 radical (unpaired) electrons.